The van der Waals surface area contributed by atoms with Crippen molar-refractivity contribution in [1.82, 2.24) is 15.4 Å². The van der Waals surface area contributed by atoms with Gasteiger partial charge in [-0.2, -0.15) is 0 Å². The molecule has 3 rings (SSSR count). The van der Waals surface area contributed by atoms with E-state index >= 15 is 0 Å². The van der Waals surface area contributed by atoms with Crippen molar-refractivity contribution in [1.29, 1.82) is 0 Å². The van der Waals surface area contributed by atoms with Gasteiger partial charge in [-0.1, -0.05) is 24.3 Å². The van der Waals surface area contributed by atoms with E-state index in [1.54, 1.807) is 6.20 Å². The van der Waals surface area contributed by atoms with Gasteiger partial charge in [-0.25, -0.2) is 5.43 Å². The normalized spacial score (nSPS) is 12.5. The van der Waals surface area contributed by atoms with Gasteiger partial charge in [-0.3, -0.25) is 15.8 Å². The number of benzene rings is 1. The summed E-state index contributed by atoms with van der Waals surface area (Å²) >= 11 is 0. The van der Waals surface area contributed by atoms with Gasteiger partial charge in [0, 0.05) is 35.7 Å². The zero-order valence-electron chi connectivity index (χ0n) is 11.2. The molecule has 0 aliphatic carbocycles. The average molecular weight is 264 g/mol. The Morgan fingerprint density at radius 3 is 2.60 bits per heavy atom. The number of nitrogens with zero attached hydrogens (tertiary/aromatic N) is 2. The molecule has 1 unspecified atom stereocenters. The minimum atomic E-state index is -0.123. The van der Waals surface area contributed by atoms with Crippen LogP contribution in [-0.4, -0.2) is 9.97 Å². The standard InChI is InChI=1S/C16H16N4/c1-11-6-7-18-9-14(11)16(20-17)15-10-19-8-12-4-2-3-5-13(12)15/h2-10,16,20H,17H2,1H3. The molecule has 1 atom stereocenters. The highest BCUT2D eigenvalue weighted by molar-refractivity contribution is 5.85. The second kappa shape index (κ2) is 5.36. The Hall–Kier alpha value is -2.30. The van der Waals surface area contributed by atoms with E-state index in [2.05, 4.69) is 34.5 Å². The van der Waals surface area contributed by atoms with E-state index in [9.17, 15) is 0 Å². The third kappa shape index (κ3) is 2.15. The summed E-state index contributed by atoms with van der Waals surface area (Å²) in [5.41, 5.74) is 6.16. The summed E-state index contributed by atoms with van der Waals surface area (Å²) in [6.07, 6.45) is 7.36. The molecule has 100 valence electrons. The van der Waals surface area contributed by atoms with Crippen LogP contribution in [0.3, 0.4) is 0 Å². The zero-order chi connectivity index (χ0) is 13.9. The van der Waals surface area contributed by atoms with Crippen molar-refractivity contribution in [2.75, 3.05) is 0 Å². The van der Waals surface area contributed by atoms with Gasteiger partial charge in [0.05, 0.1) is 6.04 Å². The molecule has 0 fully saturated rings. The molecule has 0 amide bonds. The van der Waals surface area contributed by atoms with Crippen LogP contribution in [0.4, 0.5) is 0 Å². The lowest BCUT2D eigenvalue weighted by molar-refractivity contribution is 0.633. The van der Waals surface area contributed by atoms with Gasteiger partial charge >= 0.3 is 0 Å². The number of fused-ring (bicyclic) bond motifs is 1. The van der Waals surface area contributed by atoms with Crippen LogP contribution in [0, 0.1) is 6.92 Å². The molecule has 2 aromatic heterocycles. The van der Waals surface area contributed by atoms with Gasteiger partial charge in [0.15, 0.2) is 0 Å². The lowest BCUT2D eigenvalue weighted by Crippen LogP contribution is -2.29. The number of rotatable bonds is 3. The Morgan fingerprint density at radius 2 is 1.80 bits per heavy atom. The predicted molar refractivity (Wildman–Crippen MR) is 79.9 cm³/mol. The summed E-state index contributed by atoms with van der Waals surface area (Å²) in [5.74, 6) is 5.79. The van der Waals surface area contributed by atoms with Crippen LogP contribution in [0.2, 0.25) is 0 Å². The fourth-order valence-corrected chi connectivity index (χ4v) is 2.50. The SMILES string of the molecule is Cc1ccncc1C(NN)c1cncc2ccccc12. The van der Waals surface area contributed by atoms with Gasteiger partial charge in [0.25, 0.3) is 0 Å². The molecule has 1 aromatic carbocycles. The Labute approximate surface area is 117 Å². The lowest BCUT2D eigenvalue weighted by atomic mass is 9.95. The van der Waals surface area contributed by atoms with Crippen LogP contribution in [0.25, 0.3) is 10.8 Å². The quantitative estimate of drug-likeness (QED) is 0.563. The smallest absolute Gasteiger partial charge is 0.0748 e. The van der Waals surface area contributed by atoms with E-state index in [-0.39, 0.29) is 6.04 Å². The molecule has 0 saturated heterocycles. The monoisotopic (exact) mass is 264 g/mol. The van der Waals surface area contributed by atoms with Crippen LogP contribution in [0.1, 0.15) is 22.7 Å². The molecule has 3 N–H and O–H groups in total. The van der Waals surface area contributed by atoms with Crippen molar-refractivity contribution in [2.45, 2.75) is 13.0 Å². The van der Waals surface area contributed by atoms with Crippen molar-refractivity contribution in [3.63, 3.8) is 0 Å². The van der Waals surface area contributed by atoms with Gasteiger partial charge in [0.1, 0.15) is 0 Å². The summed E-state index contributed by atoms with van der Waals surface area (Å²) in [6, 6.07) is 10.0. The number of hydrogen-bond acceptors (Lipinski definition) is 4. The average Bonchev–Trinajstić information content (AvgIpc) is 2.50. The van der Waals surface area contributed by atoms with Crippen molar-refractivity contribution in [2.24, 2.45) is 5.84 Å². The second-order valence-corrected chi connectivity index (χ2v) is 4.78. The van der Waals surface area contributed by atoms with Gasteiger partial charge in [-0.05, 0) is 29.5 Å². The summed E-state index contributed by atoms with van der Waals surface area (Å²) in [7, 11) is 0. The molecule has 4 nitrogen and oxygen atoms in total. The molecular weight excluding hydrogens is 248 g/mol. The van der Waals surface area contributed by atoms with E-state index < -0.39 is 0 Å². The summed E-state index contributed by atoms with van der Waals surface area (Å²) in [5, 5.41) is 2.25. The Balaban J connectivity index is 2.20. The summed E-state index contributed by atoms with van der Waals surface area (Å²) in [4.78, 5) is 8.52. The highest BCUT2D eigenvalue weighted by Crippen LogP contribution is 2.28. The Morgan fingerprint density at radius 1 is 1.00 bits per heavy atom. The van der Waals surface area contributed by atoms with E-state index in [1.807, 2.05) is 36.8 Å². The summed E-state index contributed by atoms with van der Waals surface area (Å²) < 4.78 is 0. The van der Waals surface area contributed by atoms with Crippen molar-refractivity contribution < 1.29 is 0 Å². The number of nitrogens with two attached hydrogens (primary N) is 1. The maximum Gasteiger partial charge on any atom is 0.0748 e. The van der Waals surface area contributed by atoms with Gasteiger partial charge < -0.3 is 0 Å². The largest absolute Gasteiger partial charge is 0.271 e. The Kier molecular flexibility index (Phi) is 3.41. The minimum absolute atomic E-state index is 0.123. The molecule has 2 heterocycles. The molecule has 20 heavy (non-hydrogen) atoms. The first-order valence-electron chi connectivity index (χ1n) is 6.50. The molecule has 4 heteroatoms. The van der Waals surface area contributed by atoms with E-state index in [1.165, 1.54) is 0 Å². The molecule has 0 radical (unpaired) electrons. The highest BCUT2D eigenvalue weighted by atomic mass is 15.2. The molecule has 0 aliphatic heterocycles. The third-order valence-corrected chi connectivity index (χ3v) is 3.57. The topological polar surface area (TPSA) is 63.8 Å². The van der Waals surface area contributed by atoms with Crippen molar-refractivity contribution >= 4 is 10.8 Å². The van der Waals surface area contributed by atoms with E-state index in [0.717, 1.165) is 27.5 Å². The molecular formula is C16H16N4. The molecule has 0 bridgehead atoms. The van der Waals surface area contributed by atoms with E-state index in [4.69, 9.17) is 5.84 Å². The predicted octanol–water partition coefficient (Wildman–Crippen LogP) is 2.49. The van der Waals surface area contributed by atoms with Gasteiger partial charge in [-0.15, -0.1) is 0 Å². The molecule has 0 spiro atoms. The number of pyridine rings is 2. The first-order valence-corrected chi connectivity index (χ1v) is 6.50. The third-order valence-electron chi connectivity index (χ3n) is 3.57. The summed E-state index contributed by atoms with van der Waals surface area (Å²) in [6.45, 7) is 2.06. The minimum Gasteiger partial charge on any atom is -0.271 e. The number of aryl methyl sites for hydroxylation is 1. The molecule has 0 aliphatic rings. The van der Waals surface area contributed by atoms with Crippen LogP contribution in [-0.2, 0) is 0 Å². The van der Waals surface area contributed by atoms with Crippen molar-refractivity contribution in [3.05, 3.63) is 71.8 Å². The number of aromatic nitrogens is 2. The highest BCUT2D eigenvalue weighted by Gasteiger charge is 2.17. The molecule has 0 saturated carbocycles. The van der Waals surface area contributed by atoms with Crippen molar-refractivity contribution in [3.8, 4) is 0 Å². The first kappa shape index (κ1) is 12.7. The fraction of sp³-hybridized carbons (Fsp3) is 0.125. The number of nitrogens with one attached hydrogen (secondary N) is 1. The Bertz CT molecular complexity index is 734. The second-order valence-electron chi connectivity index (χ2n) is 4.78. The zero-order valence-corrected chi connectivity index (χ0v) is 11.2. The number of hydrazine groups is 1. The number of hydrogen-bond donors (Lipinski definition) is 2. The van der Waals surface area contributed by atoms with E-state index in [0.29, 0.717) is 0 Å². The van der Waals surface area contributed by atoms with Crippen LogP contribution >= 0.6 is 0 Å². The van der Waals surface area contributed by atoms with Crippen LogP contribution in [0.5, 0.6) is 0 Å². The molecule has 3 aromatic rings. The lowest BCUT2D eigenvalue weighted by Gasteiger charge is -2.19. The fourth-order valence-electron chi connectivity index (χ4n) is 2.50. The van der Waals surface area contributed by atoms with Crippen LogP contribution < -0.4 is 11.3 Å². The van der Waals surface area contributed by atoms with Gasteiger partial charge in [0.2, 0.25) is 0 Å². The van der Waals surface area contributed by atoms with Crippen LogP contribution in [0.15, 0.2) is 55.1 Å². The first-order chi connectivity index (χ1) is 9.81. The maximum absolute atomic E-state index is 5.79. The maximum atomic E-state index is 5.79.